The van der Waals surface area contributed by atoms with E-state index in [9.17, 15) is 29.3 Å². The molecule has 1 aliphatic rings. The van der Waals surface area contributed by atoms with Crippen LogP contribution in [0.2, 0.25) is 0 Å². The van der Waals surface area contributed by atoms with E-state index in [1.54, 1.807) is 60.7 Å². The number of carbonyl (C=O) groups is 4. The Morgan fingerprint density at radius 3 is 2.35 bits per heavy atom. The first-order valence-corrected chi connectivity index (χ1v) is 15.4. The molecule has 11 nitrogen and oxygen atoms in total. The largest absolute Gasteiger partial charge is 0.335 e. The van der Waals surface area contributed by atoms with Crippen LogP contribution in [0.3, 0.4) is 0 Å². The van der Waals surface area contributed by atoms with Gasteiger partial charge in [0.2, 0.25) is 0 Å². The fourth-order valence-electron chi connectivity index (χ4n) is 4.63. The van der Waals surface area contributed by atoms with E-state index in [0.29, 0.717) is 26.0 Å². The number of thiazole rings is 1. The topological polar surface area (TPSA) is 152 Å². The summed E-state index contributed by atoms with van der Waals surface area (Å²) < 4.78 is 1.32. The number of amides is 5. The van der Waals surface area contributed by atoms with Gasteiger partial charge in [0.15, 0.2) is 4.34 Å². The van der Waals surface area contributed by atoms with Crippen molar-refractivity contribution >= 4 is 80.2 Å². The van der Waals surface area contributed by atoms with Crippen molar-refractivity contribution in [2.24, 2.45) is 0 Å². The van der Waals surface area contributed by atoms with Gasteiger partial charge in [-0.2, -0.15) is 0 Å². The van der Waals surface area contributed by atoms with Gasteiger partial charge < -0.3 is 5.32 Å². The lowest BCUT2D eigenvalue weighted by atomic mass is 10.1. The normalized spacial score (nSPS) is 14.1. The highest BCUT2D eigenvalue weighted by atomic mass is 32.2. The lowest BCUT2D eigenvalue weighted by molar-refractivity contribution is -0.387. The summed E-state index contributed by atoms with van der Waals surface area (Å²) in [6.45, 7) is 3.80. The zero-order chi connectivity index (χ0) is 32.5. The van der Waals surface area contributed by atoms with Gasteiger partial charge in [-0.1, -0.05) is 53.2 Å². The van der Waals surface area contributed by atoms with E-state index in [-0.39, 0.29) is 28.4 Å². The number of anilines is 2. The molecule has 0 spiro atoms. The van der Waals surface area contributed by atoms with Crippen LogP contribution in [0.5, 0.6) is 0 Å². The Bertz CT molecular complexity index is 2110. The van der Waals surface area contributed by atoms with Crippen molar-refractivity contribution in [1.82, 2.24) is 10.3 Å². The molecular formula is C33H23N5O6S2. The fraction of sp³-hybridized carbons (Fsp3) is 0.0606. The average Bonchev–Trinajstić information content (AvgIpc) is 3.42. The highest BCUT2D eigenvalue weighted by molar-refractivity contribution is 8.01. The second-order valence-electron chi connectivity index (χ2n) is 10.4. The Hall–Kier alpha value is -5.66. The molecule has 5 aromatic rings. The molecule has 0 saturated carbocycles. The van der Waals surface area contributed by atoms with Gasteiger partial charge in [-0.3, -0.25) is 29.8 Å². The van der Waals surface area contributed by atoms with Gasteiger partial charge in [0, 0.05) is 17.3 Å². The summed E-state index contributed by atoms with van der Waals surface area (Å²) in [5.74, 6) is -1.99. The first-order chi connectivity index (χ1) is 22.0. The molecule has 2 heterocycles. The smallest absolute Gasteiger partial charge is 0.322 e. The molecule has 1 aromatic heterocycles. The summed E-state index contributed by atoms with van der Waals surface area (Å²) >= 11 is 2.41. The van der Waals surface area contributed by atoms with Gasteiger partial charge in [0.25, 0.3) is 23.4 Å². The molecule has 4 aromatic carbocycles. The number of imide groups is 2. The third-order valence-corrected chi connectivity index (χ3v) is 9.17. The van der Waals surface area contributed by atoms with Crippen molar-refractivity contribution in [2.45, 2.75) is 23.1 Å². The Labute approximate surface area is 270 Å². The number of aromatic nitrogens is 1. The number of benzene rings is 4. The highest BCUT2D eigenvalue weighted by Gasteiger charge is 2.37. The number of fused-ring (bicyclic) bond motifs is 1. The van der Waals surface area contributed by atoms with Gasteiger partial charge >= 0.3 is 6.03 Å². The summed E-state index contributed by atoms with van der Waals surface area (Å²) in [6, 6.07) is 22.6. The maximum atomic E-state index is 13.2. The SMILES string of the molecule is Cc1ccc(C(=O)Nc2ccc3nc(Sc4ccc(/C=C5\C(=O)NC(=O)N(c6ccc(C)cc6)C5=O)cc4[N+](=O)[O-])sc3c2)cc1. The van der Waals surface area contributed by atoms with Crippen LogP contribution in [0, 0.1) is 24.0 Å². The summed E-state index contributed by atoms with van der Waals surface area (Å²) in [5, 5.41) is 17.1. The molecule has 46 heavy (non-hydrogen) atoms. The predicted octanol–water partition coefficient (Wildman–Crippen LogP) is 6.89. The third kappa shape index (κ3) is 6.27. The number of nitrogens with one attached hydrogen (secondary N) is 2. The quantitative estimate of drug-likeness (QED) is 0.0837. The highest BCUT2D eigenvalue weighted by Crippen LogP contribution is 2.40. The molecule has 6 rings (SSSR count). The zero-order valence-electron chi connectivity index (χ0n) is 24.3. The van der Waals surface area contributed by atoms with E-state index >= 15 is 0 Å². The molecule has 5 amide bonds. The number of urea groups is 1. The number of nitro groups is 1. The number of aryl methyl sites for hydroxylation is 2. The monoisotopic (exact) mass is 649 g/mol. The van der Waals surface area contributed by atoms with Crippen LogP contribution in [0.1, 0.15) is 27.0 Å². The molecule has 1 fully saturated rings. The van der Waals surface area contributed by atoms with Gasteiger partial charge in [-0.15, -0.1) is 11.3 Å². The number of hydrogen-bond acceptors (Lipinski definition) is 9. The molecule has 2 N–H and O–H groups in total. The Balaban J connectivity index is 1.24. The van der Waals surface area contributed by atoms with Crippen LogP contribution < -0.4 is 15.5 Å². The lowest BCUT2D eigenvalue weighted by Gasteiger charge is -2.26. The predicted molar refractivity (Wildman–Crippen MR) is 176 cm³/mol. The molecule has 13 heteroatoms. The molecule has 0 aliphatic carbocycles. The Morgan fingerprint density at radius 1 is 0.957 bits per heavy atom. The molecule has 0 atom stereocenters. The van der Waals surface area contributed by atoms with Crippen LogP contribution >= 0.6 is 23.1 Å². The van der Waals surface area contributed by atoms with Crippen LogP contribution in [-0.2, 0) is 9.59 Å². The maximum Gasteiger partial charge on any atom is 0.335 e. The molecule has 0 radical (unpaired) electrons. The number of barbiturate groups is 1. The number of nitrogens with zero attached hydrogens (tertiary/aromatic N) is 3. The summed E-state index contributed by atoms with van der Waals surface area (Å²) in [5.41, 5.74) is 3.67. The summed E-state index contributed by atoms with van der Waals surface area (Å²) in [6.07, 6.45) is 1.22. The second-order valence-corrected chi connectivity index (χ2v) is 12.7. The molecule has 1 aliphatic heterocycles. The summed E-state index contributed by atoms with van der Waals surface area (Å²) in [4.78, 5) is 68.2. The molecular weight excluding hydrogens is 627 g/mol. The standard InChI is InChI=1S/C33H23N5O6S2/c1-18-3-8-21(9-4-18)29(39)34-22-10-13-25-28(17-22)46-33(35-25)45-27-14-7-20(16-26(27)38(43)44)15-24-30(40)36-32(42)37(31(24)41)23-11-5-19(2)6-12-23/h3-17H,1-2H3,(H,34,39)(H,36,40,42)/b24-15+. The maximum absolute atomic E-state index is 13.2. The van der Waals surface area contributed by atoms with E-state index in [4.69, 9.17) is 0 Å². The number of rotatable bonds is 7. The Morgan fingerprint density at radius 2 is 1.65 bits per heavy atom. The van der Waals surface area contributed by atoms with Gasteiger partial charge in [-0.05, 0) is 74.0 Å². The van der Waals surface area contributed by atoms with Crippen LogP contribution in [-0.4, -0.2) is 33.7 Å². The number of nitro benzene ring substituents is 1. The van der Waals surface area contributed by atoms with Crippen molar-refractivity contribution in [3.63, 3.8) is 0 Å². The van der Waals surface area contributed by atoms with Crippen molar-refractivity contribution in [3.05, 3.63) is 123 Å². The van der Waals surface area contributed by atoms with Crippen LogP contribution in [0.25, 0.3) is 16.3 Å². The van der Waals surface area contributed by atoms with Crippen molar-refractivity contribution in [1.29, 1.82) is 0 Å². The van der Waals surface area contributed by atoms with Gasteiger partial charge in [0.1, 0.15) is 5.57 Å². The van der Waals surface area contributed by atoms with Crippen LogP contribution in [0.4, 0.5) is 21.9 Å². The minimum absolute atomic E-state index is 0.228. The van der Waals surface area contributed by atoms with Crippen molar-refractivity contribution in [2.75, 3.05) is 10.2 Å². The fourth-order valence-corrected chi connectivity index (χ4v) is 6.78. The van der Waals surface area contributed by atoms with Crippen molar-refractivity contribution in [3.8, 4) is 0 Å². The second kappa shape index (κ2) is 12.4. The van der Waals surface area contributed by atoms with Gasteiger partial charge in [-0.25, -0.2) is 14.7 Å². The number of hydrogen-bond donors (Lipinski definition) is 2. The minimum Gasteiger partial charge on any atom is -0.322 e. The minimum atomic E-state index is -0.900. The zero-order valence-corrected chi connectivity index (χ0v) is 25.9. The van der Waals surface area contributed by atoms with Crippen molar-refractivity contribution < 1.29 is 24.1 Å². The van der Waals surface area contributed by atoms with E-state index in [2.05, 4.69) is 15.6 Å². The van der Waals surface area contributed by atoms with E-state index < -0.39 is 22.8 Å². The van der Waals surface area contributed by atoms with E-state index in [1.807, 2.05) is 26.0 Å². The van der Waals surface area contributed by atoms with E-state index in [0.717, 1.165) is 32.5 Å². The molecule has 228 valence electrons. The molecule has 0 unspecified atom stereocenters. The lowest BCUT2D eigenvalue weighted by Crippen LogP contribution is -2.54. The van der Waals surface area contributed by atoms with E-state index in [1.165, 1.54) is 29.5 Å². The van der Waals surface area contributed by atoms with Gasteiger partial charge in [0.05, 0.1) is 25.7 Å². The Kier molecular flexibility index (Phi) is 8.17. The molecule has 1 saturated heterocycles. The molecule has 0 bridgehead atoms. The summed E-state index contributed by atoms with van der Waals surface area (Å²) in [7, 11) is 0. The first-order valence-electron chi connectivity index (χ1n) is 13.8. The first kappa shape index (κ1) is 30.4. The third-order valence-electron chi connectivity index (χ3n) is 7.02. The number of carbonyl (C=O) groups excluding carboxylic acids is 4. The average molecular weight is 650 g/mol. The van der Waals surface area contributed by atoms with Crippen LogP contribution in [0.15, 0.2) is 99.7 Å².